The van der Waals surface area contributed by atoms with Gasteiger partial charge < -0.3 is 4.74 Å². The summed E-state index contributed by atoms with van der Waals surface area (Å²) in [5.41, 5.74) is 1.80. The van der Waals surface area contributed by atoms with Crippen LogP contribution in [-0.4, -0.2) is 22.2 Å². The first-order chi connectivity index (χ1) is 9.61. The van der Waals surface area contributed by atoms with Gasteiger partial charge in [0.1, 0.15) is 12.4 Å². The van der Waals surface area contributed by atoms with Crippen LogP contribution in [0, 0.1) is 6.92 Å². The second-order valence-corrected chi connectivity index (χ2v) is 4.28. The molecule has 2 rings (SSSR count). The Morgan fingerprint density at radius 2 is 2.10 bits per heavy atom. The lowest BCUT2D eigenvalue weighted by atomic mass is 10.2. The third-order valence-corrected chi connectivity index (χ3v) is 2.82. The van der Waals surface area contributed by atoms with Crippen LogP contribution in [0.5, 0.6) is 0 Å². The number of anilines is 1. The molecule has 1 heterocycles. The number of amides is 1. The molecule has 1 N–H and O–H groups in total. The van der Waals surface area contributed by atoms with Gasteiger partial charge in [-0.1, -0.05) is 30.3 Å². The Balaban J connectivity index is 2.00. The van der Waals surface area contributed by atoms with Crippen LogP contribution in [0.1, 0.15) is 21.6 Å². The number of aryl methyl sites for hydroxylation is 2. The van der Waals surface area contributed by atoms with E-state index in [0.717, 1.165) is 5.56 Å². The number of hydrogen-bond acceptors (Lipinski definition) is 4. The number of benzene rings is 1. The summed E-state index contributed by atoms with van der Waals surface area (Å²) in [6.07, 6.45) is 0.0368. The minimum absolute atomic E-state index is 0.167. The summed E-state index contributed by atoms with van der Waals surface area (Å²) in [7, 11) is 1.65. The molecule has 1 aromatic heterocycles. The molecule has 1 amide bonds. The van der Waals surface area contributed by atoms with Crippen molar-refractivity contribution in [2.45, 2.75) is 13.5 Å². The second-order valence-electron chi connectivity index (χ2n) is 4.28. The Kier molecular flexibility index (Phi) is 4.14. The summed E-state index contributed by atoms with van der Waals surface area (Å²) in [5.74, 6) is 0.329. The van der Waals surface area contributed by atoms with Gasteiger partial charge >= 0.3 is 6.09 Å². The summed E-state index contributed by atoms with van der Waals surface area (Å²) in [6.45, 7) is 1.87. The standard InChI is InChI=1S/C14H15N3O3/c1-10-12(8-18)13(17(2)16-10)15-14(19)20-9-11-6-4-3-5-7-11/h3-8H,9H2,1-2H3,(H,15,19). The van der Waals surface area contributed by atoms with Gasteiger partial charge in [0.05, 0.1) is 11.3 Å². The first-order valence-corrected chi connectivity index (χ1v) is 6.08. The zero-order chi connectivity index (χ0) is 14.5. The van der Waals surface area contributed by atoms with Crippen molar-refractivity contribution >= 4 is 18.2 Å². The predicted molar refractivity (Wildman–Crippen MR) is 73.6 cm³/mol. The highest BCUT2D eigenvalue weighted by atomic mass is 16.5. The molecular formula is C14H15N3O3. The van der Waals surface area contributed by atoms with Gasteiger partial charge in [-0.25, -0.2) is 4.79 Å². The fourth-order valence-electron chi connectivity index (χ4n) is 1.82. The Morgan fingerprint density at radius 1 is 1.40 bits per heavy atom. The highest BCUT2D eigenvalue weighted by Gasteiger charge is 2.15. The van der Waals surface area contributed by atoms with Crippen molar-refractivity contribution < 1.29 is 14.3 Å². The normalized spacial score (nSPS) is 10.1. The molecule has 6 heteroatoms. The van der Waals surface area contributed by atoms with E-state index in [-0.39, 0.29) is 6.61 Å². The molecule has 0 spiro atoms. The number of rotatable bonds is 4. The molecular weight excluding hydrogens is 258 g/mol. The molecule has 2 aromatic rings. The molecule has 1 aromatic carbocycles. The average Bonchev–Trinajstić information content (AvgIpc) is 2.71. The molecule has 0 radical (unpaired) electrons. The van der Waals surface area contributed by atoms with E-state index >= 15 is 0 Å². The van der Waals surface area contributed by atoms with E-state index in [1.807, 2.05) is 30.3 Å². The van der Waals surface area contributed by atoms with Crippen LogP contribution >= 0.6 is 0 Å². The Morgan fingerprint density at radius 3 is 2.75 bits per heavy atom. The van der Waals surface area contributed by atoms with Gasteiger partial charge in [0.2, 0.25) is 0 Å². The molecule has 0 fully saturated rings. The maximum Gasteiger partial charge on any atom is 0.413 e. The van der Waals surface area contributed by atoms with Crippen LogP contribution in [0.4, 0.5) is 10.6 Å². The summed E-state index contributed by atoms with van der Waals surface area (Å²) in [5, 5.41) is 6.60. The zero-order valence-corrected chi connectivity index (χ0v) is 11.3. The summed E-state index contributed by atoms with van der Waals surface area (Å²) in [4.78, 5) is 22.7. The lowest BCUT2D eigenvalue weighted by Gasteiger charge is -2.07. The molecule has 0 saturated carbocycles. The smallest absolute Gasteiger partial charge is 0.413 e. The number of nitrogens with zero attached hydrogens (tertiary/aromatic N) is 2. The van der Waals surface area contributed by atoms with Crippen molar-refractivity contribution in [1.82, 2.24) is 9.78 Å². The average molecular weight is 273 g/mol. The molecule has 0 aliphatic heterocycles. The van der Waals surface area contributed by atoms with E-state index < -0.39 is 6.09 Å². The minimum Gasteiger partial charge on any atom is -0.444 e. The lowest BCUT2D eigenvalue weighted by Crippen LogP contribution is -2.16. The van der Waals surface area contributed by atoms with Gasteiger partial charge in [-0.3, -0.25) is 14.8 Å². The van der Waals surface area contributed by atoms with Crippen LogP contribution in [-0.2, 0) is 18.4 Å². The van der Waals surface area contributed by atoms with Crippen molar-refractivity contribution in [3.8, 4) is 0 Å². The molecule has 0 atom stereocenters. The third kappa shape index (κ3) is 3.03. The van der Waals surface area contributed by atoms with Crippen LogP contribution < -0.4 is 5.32 Å². The van der Waals surface area contributed by atoms with E-state index in [0.29, 0.717) is 23.4 Å². The molecule has 0 bridgehead atoms. The number of hydrogen-bond donors (Lipinski definition) is 1. The van der Waals surface area contributed by atoms with Crippen LogP contribution in [0.3, 0.4) is 0 Å². The zero-order valence-electron chi connectivity index (χ0n) is 11.3. The van der Waals surface area contributed by atoms with Gasteiger partial charge in [-0.05, 0) is 12.5 Å². The minimum atomic E-state index is -0.625. The molecule has 6 nitrogen and oxygen atoms in total. The molecule has 0 saturated heterocycles. The first-order valence-electron chi connectivity index (χ1n) is 6.08. The number of aldehydes is 1. The van der Waals surface area contributed by atoms with E-state index in [9.17, 15) is 9.59 Å². The van der Waals surface area contributed by atoms with Crippen molar-refractivity contribution in [2.24, 2.45) is 7.05 Å². The van der Waals surface area contributed by atoms with Crippen molar-refractivity contribution in [2.75, 3.05) is 5.32 Å². The lowest BCUT2D eigenvalue weighted by molar-refractivity contribution is 0.112. The second kappa shape index (κ2) is 6.01. The maximum absolute atomic E-state index is 11.7. The Labute approximate surface area is 116 Å². The fourth-order valence-corrected chi connectivity index (χ4v) is 1.82. The third-order valence-electron chi connectivity index (χ3n) is 2.82. The van der Waals surface area contributed by atoms with Crippen molar-refractivity contribution in [3.63, 3.8) is 0 Å². The maximum atomic E-state index is 11.7. The number of carbonyl (C=O) groups is 2. The van der Waals surface area contributed by atoms with Crippen molar-refractivity contribution in [1.29, 1.82) is 0 Å². The highest BCUT2D eigenvalue weighted by molar-refractivity contribution is 5.92. The molecule has 0 aliphatic rings. The van der Waals surface area contributed by atoms with Gasteiger partial charge in [0.15, 0.2) is 6.29 Å². The number of nitrogens with one attached hydrogen (secondary N) is 1. The fraction of sp³-hybridized carbons (Fsp3) is 0.214. The van der Waals surface area contributed by atoms with Gasteiger partial charge in [0, 0.05) is 7.05 Å². The summed E-state index contributed by atoms with van der Waals surface area (Å²) >= 11 is 0. The van der Waals surface area contributed by atoms with Crippen LogP contribution in [0.25, 0.3) is 0 Å². The van der Waals surface area contributed by atoms with Crippen LogP contribution in [0.15, 0.2) is 30.3 Å². The quantitative estimate of drug-likeness (QED) is 0.867. The molecule has 0 aliphatic carbocycles. The summed E-state index contributed by atoms with van der Waals surface area (Å²) < 4.78 is 6.52. The SMILES string of the molecule is Cc1nn(C)c(NC(=O)OCc2ccccc2)c1C=O. The highest BCUT2D eigenvalue weighted by Crippen LogP contribution is 2.16. The van der Waals surface area contributed by atoms with Gasteiger partial charge in [-0.2, -0.15) is 5.10 Å². The topological polar surface area (TPSA) is 73.2 Å². The molecule has 104 valence electrons. The summed E-state index contributed by atoms with van der Waals surface area (Å²) in [6, 6.07) is 9.34. The number of aromatic nitrogens is 2. The van der Waals surface area contributed by atoms with E-state index in [1.165, 1.54) is 4.68 Å². The van der Waals surface area contributed by atoms with E-state index in [4.69, 9.17) is 4.74 Å². The predicted octanol–water partition coefficient (Wildman–Crippen LogP) is 2.29. The monoisotopic (exact) mass is 273 g/mol. The van der Waals surface area contributed by atoms with Crippen LogP contribution in [0.2, 0.25) is 0 Å². The van der Waals surface area contributed by atoms with Crippen molar-refractivity contribution in [3.05, 3.63) is 47.2 Å². The number of ether oxygens (including phenoxy) is 1. The number of carbonyl (C=O) groups excluding carboxylic acids is 2. The first kappa shape index (κ1) is 13.8. The largest absolute Gasteiger partial charge is 0.444 e. The van der Waals surface area contributed by atoms with E-state index in [2.05, 4.69) is 10.4 Å². The van der Waals surface area contributed by atoms with Gasteiger partial charge in [0.25, 0.3) is 0 Å². The molecule has 20 heavy (non-hydrogen) atoms. The van der Waals surface area contributed by atoms with E-state index in [1.54, 1.807) is 14.0 Å². The Hall–Kier alpha value is -2.63. The van der Waals surface area contributed by atoms with Gasteiger partial charge in [-0.15, -0.1) is 0 Å². The molecule has 0 unspecified atom stereocenters. The Bertz CT molecular complexity index is 620.